The van der Waals surface area contributed by atoms with E-state index in [2.05, 4.69) is 11.4 Å². The van der Waals surface area contributed by atoms with Crippen LogP contribution in [0.4, 0.5) is 4.39 Å². The van der Waals surface area contributed by atoms with E-state index in [4.69, 9.17) is 9.68 Å². The predicted octanol–water partition coefficient (Wildman–Crippen LogP) is 3.14. The fourth-order valence-corrected chi connectivity index (χ4v) is 1.72. The molecule has 0 bridgehead atoms. The van der Waals surface area contributed by atoms with Gasteiger partial charge in [0.25, 0.3) is 0 Å². The van der Waals surface area contributed by atoms with Crippen molar-refractivity contribution in [2.75, 3.05) is 0 Å². The zero-order valence-corrected chi connectivity index (χ0v) is 9.98. The number of hydrogen-bond donors (Lipinski definition) is 1. The van der Waals surface area contributed by atoms with Crippen molar-refractivity contribution in [3.8, 4) is 6.07 Å². The van der Waals surface area contributed by atoms with Gasteiger partial charge in [-0.25, -0.2) is 4.39 Å². The van der Waals surface area contributed by atoms with Crippen molar-refractivity contribution < 1.29 is 8.81 Å². The van der Waals surface area contributed by atoms with Gasteiger partial charge in [0.05, 0.1) is 23.9 Å². The van der Waals surface area contributed by atoms with Crippen LogP contribution in [0.5, 0.6) is 0 Å². The molecule has 0 unspecified atom stereocenters. The van der Waals surface area contributed by atoms with Gasteiger partial charge in [-0.1, -0.05) is 0 Å². The fraction of sp³-hybridized carbons (Fsp3) is 0.214. The van der Waals surface area contributed by atoms with Gasteiger partial charge in [0.15, 0.2) is 0 Å². The highest BCUT2D eigenvalue weighted by Crippen LogP contribution is 2.15. The molecule has 2 rings (SSSR count). The molecule has 1 heterocycles. The second-order valence-electron chi connectivity index (χ2n) is 4.03. The van der Waals surface area contributed by atoms with Crippen LogP contribution in [0.15, 0.2) is 41.0 Å². The van der Waals surface area contributed by atoms with Crippen molar-refractivity contribution in [1.29, 1.82) is 5.26 Å². The van der Waals surface area contributed by atoms with E-state index in [-0.39, 0.29) is 11.9 Å². The molecule has 0 fully saturated rings. The Balaban J connectivity index is 2.06. The summed E-state index contributed by atoms with van der Waals surface area (Å²) in [6.45, 7) is 2.37. The number of nitrogens with one attached hydrogen (secondary N) is 1. The van der Waals surface area contributed by atoms with Crippen LogP contribution < -0.4 is 5.32 Å². The molecule has 1 aromatic carbocycles. The zero-order valence-electron chi connectivity index (χ0n) is 9.98. The Bertz CT molecular complexity index is 558. The topological polar surface area (TPSA) is 49.0 Å². The first-order valence-corrected chi connectivity index (χ1v) is 5.66. The number of rotatable bonds is 4. The lowest BCUT2D eigenvalue weighted by Gasteiger charge is -2.12. The SMILES string of the molecule is C[C@H](NCc1cc(F)ccc1C#N)c1ccco1. The summed E-state index contributed by atoms with van der Waals surface area (Å²) in [5.41, 5.74) is 1.13. The van der Waals surface area contributed by atoms with E-state index in [1.54, 1.807) is 6.26 Å². The third kappa shape index (κ3) is 2.76. The van der Waals surface area contributed by atoms with Crippen molar-refractivity contribution in [3.63, 3.8) is 0 Å². The third-order valence-corrected chi connectivity index (χ3v) is 2.76. The lowest BCUT2D eigenvalue weighted by Crippen LogP contribution is -2.18. The van der Waals surface area contributed by atoms with Gasteiger partial charge in [0, 0.05) is 6.54 Å². The first-order valence-electron chi connectivity index (χ1n) is 5.66. The van der Waals surface area contributed by atoms with Crippen LogP contribution in [0, 0.1) is 17.1 Å². The van der Waals surface area contributed by atoms with Crippen molar-refractivity contribution >= 4 is 0 Å². The third-order valence-electron chi connectivity index (χ3n) is 2.76. The molecule has 1 atom stereocenters. The van der Waals surface area contributed by atoms with Gasteiger partial charge in [0.2, 0.25) is 0 Å². The summed E-state index contributed by atoms with van der Waals surface area (Å²) in [7, 11) is 0. The molecule has 2 aromatic rings. The van der Waals surface area contributed by atoms with E-state index in [0.29, 0.717) is 17.7 Å². The minimum atomic E-state index is -0.337. The van der Waals surface area contributed by atoms with Gasteiger partial charge in [-0.05, 0) is 42.8 Å². The van der Waals surface area contributed by atoms with E-state index >= 15 is 0 Å². The standard InChI is InChI=1S/C14H13FN2O/c1-10(14-3-2-6-18-14)17-9-12-7-13(15)5-4-11(12)8-16/h2-7,10,17H,9H2,1H3/t10-/m0/s1. The molecule has 1 N–H and O–H groups in total. The molecule has 92 valence electrons. The van der Waals surface area contributed by atoms with Gasteiger partial charge < -0.3 is 9.73 Å². The maximum absolute atomic E-state index is 13.1. The van der Waals surface area contributed by atoms with E-state index in [0.717, 1.165) is 5.76 Å². The monoisotopic (exact) mass is 244 g/mol. The molecule has 0 saturated heterocycles. The van der Waals surface area contributed by atoms with E-state index < -0.39 is 0 Å². The highest BCUT2D eigenvalue weighted by atomic mass is 19.1. The average molecular weight is 244 g/mol. The summed E-state index contributed by atoms with van der Waals surface area (Å²) >= 11 is 0. The van der Waals surface area contributed by atoms with Gasteiger partial charge in [-0.3, -0.25) is 0 Å². The minimum absolute atomic E-state index is 0.00908. The number of furan rings is 1. The summed E-state index contributed by atoms with van der Waals surface area (Å²) in [4.78, 5) is 0. The first kappa shape index (κ1) is 12.3. The van der Waals surface area contributed by atoms with Gasteiger partial charge in [-0.2, -0.15) is 5.26 Å². The van der Waals surface area contributed by atoms with E-state index in [9.17, 15) is 4.39 Å². The van der Waals surface area contributed by atoms with Crippen LogP contribution >= 0.6 is 0 Å². The summed E-state index contributed by atoms with van der Waals surface area (Å²) in [6.07, 6.45) is 1.61. The minimum Gasteiger partial charge on any atom is -0.468 e. The van der Waals surface area contributed by atoms with E-state index in [1.165, 1.54) is 18.2 Å². The Kier molecular flexibility index (Phi) is 3.75. The lowest BCUT2D eigenvalue weighted by atomic mass is 10.1. The molecule has 0 aliphatic heterocycles. The molecule has 0 aliphatic carbocycles. The second-order valence-corrected chi connectivity index (χ2v) is 4.03. The summed E-state index contributed by atoms with van der Waals surface area (Å²) < 4.78 is 18.4. The Hall–Kier alpha value is -2.12. The molecular formula is C14H13FN2O. The Morgan fingerprint density at radius 3 is 2.94 bits per heavy atom. The Morgan fingerprint density at radius 2 is 2.28 bits per heavy atom. The van der Waals surface area contributed by atoms with Crippen LogP contribution in [0.3, 0.4) is 0 Å². The quantitative estimate of drug-likeness (QED) is 0.898. The van der Waals surface area contributed by atoms with Crippen molar-refractivity contribution in [2.45, 2.75) is 19.5 Å². The summed E-state index contributed by atoms with van der Waals surface area (Å²) in [5.74, 6) is 0.473. The predicted molar refractivity (Wildman–Crippen MR) is 65.1 cm³/mol. The number of benzene rings is 1. The summed E-state index contributed by atoms with van der Waals surface area (Å²) in [5, 5.41) is 12.1. The Labute approximate surface area is 105 Å². The van der Waals surface area contributed by atoms with Gasteiger partial charge in [0.1, 0.15) is 11.6 Å². The Morgan fingerprint density at radius 1 is 1.44 bits per heavy atom. The molecule has 4 heteroatoms. The summed E-state index contributed by atoms with van der Waals surface area (Å²) in [6, 6.07) is 9.90. The molecule has 0 aliphatic rings. The molecular weight excluding hydrogens is 231 g/mol. The molecule has 18 heavy (non-hydrogen) atoms. The molecule has 0 radical (unpaired) electrons. The highest BCUT2D eigenvalue weighted by Gasteiger charge is 2.09. The molecule has 0 spiro atoms. The lowest BCUT2D eigenvalue weighted by molar-refractivity contribution is 0.430. The number of halogens is 1. The first-order chi connectivity index (χ1) is 8.70. The van der Waals surface area contributed by atoms with Crippen LogP contribution in [0.1, 0.15) is 29.9 Å². The van der Waals surface area contributed by atoms with Crippen LogP contribution in [-0.2, 0) is 6.54 Å². The molecule has 3 nitrogen and oxygen atoms in total. The fourth-order valence-electron chi connectivity index (χ4n) is 1.72. The highest BCUT2D eigenvalue weighted by molar-refractivity contribution is 5.37. The van der Waals surface area contributed by atoms with Gasteiger partial charge in [-0.15, -0.1) is 0 Å². The smallest absolute Gasteiger partial charge is 0.123 e. The number of nitrogens with zero attached hydrogens (tertiary/aromatic N) is 1. The largest absolute Gasteiger partial charge is 0.468 e. The van der Waals surface area contributed by atoms with Crippen molar-refractivity contribution in [3.05, 3.63) is 59.3 Å². The van der Waals surface area contributed by atoms with Crippen LogP contribution in [-0.4, -0.2) is 0 Å². The molecule has 0 amide bonds. The normalized spacial score (nSPS) is 12.1. The number of nitriles is 1. The maximum atomic E-state index is 13.1. The van der Waals surface area contributed by atoms with E-state index in [1.807, 2.05) is 19.1 Å². The molecule has 1 aromatic heterocycles. The van der Waals surface area contributed by atoms with Gasteiger partial charge >= 0.3 is 0 Å². The zero-order chi connectivity index (χ0) is 13.0. The van der Waals surface area contributed by atoms with Crippen LogP contribution in [0.25, 0.3) is 0 Å². The maximum Gasteiger partial charge on any atom is 0.123 e. The number of hydrogen-bond acceptors (Lipinski definition) is 3. The second kappa shape index (κ2) is 5.48. The average Bonchev–Trinajstić information content (AvgIpc) is 2.90. The van der Waals surface area contributed by atoms with Crippen LogP contribution in [0.2, 0.25) is 0 Å². The molecule has 0 saturated carbocycles. The van der Waals surface area contributed by atoms with Crippen molar-refractivity contribution in [2.24, 2.45) is 0 Å². The van der Waals surface area contributed by atoms with Crippen molar-refractivity contribution in [1.82, 2.24) is 5.32 Å².